The van der Waals surface area contributed by atoms with Crippen LogP contribution in [0.1, 0.15) is 18.2 Å². The quantitative estimate of drug-likeness (QED) is 0.852. The predicted octanol–water partition coefficient (Wildman–Crippen LogP) is 1.62. The van der Waals surface area contributed by atoms with Crippen LogP contribution in [0.5, 0.6) is 0 Å². The van der Waals surface area contributed by atoms with E-state index < -0.39 is 0 Å². The fraction of sp³-hybridized carbons (Fsp3) is 0.308. The molecule has 2 rings (SSSR count). The van der Waals surface area contributed by atoms with Gasteiger partial charge in [-0.25, -0.2) is 0 Å². The topological polar surface area (TPSA) is 64.7 Å². The summed E-state index contributed by atoms with van der Waals surface area (Å²) in [4.78, 5) is 11.7. The van der Waals surface area contributed by atoms with Crippen molar-refractivity contribution in [2.75, 3.05) is 0 Å². The Bertz CT molecular complexity index is 628. The Balaban J connectivity index is 1.92. The maximum Gasteiger partial charge on any atom is 0.244 e. The molecule has 0 unspecified atom stereocenters. The minimum Gasteiger partial charge on any atom is -0.347 e. The maximum absolute atomic E-state index is 11.7. The van der Waals surface area contributed by atoms with E-state index in [1.807, 2.05) is 20.2 Å². The Morgan fingerprint density at radius 3 is 2.90 bits per heavy atom. The second-order valence-corrected chi connectivity index (χ2v) is 4.66. The van der Waals surface area contributed by atoms with Crippen molar-refractivity contribution in [1.29, 1.82) is 0 Å². The molecule has 6 nitrogen and oxygen atoms in total. The summed E-state index contributed by atoms with van der Waals surface area (Å²) in [6.07, 6.45) is 8.27. The first kappa shape index (κ1) is 14.3. The van der Waals surface area contributed by atoms with Crippen LogP contribution in [0.2, 0.25) is 5.02 Å². The van der Waals surface area contributed by atoms with Gasteiger partial charge >= 0.3 is 0 Å². The van der Waals surface area contributed by atoms with Crippen LogP contribution in [-0.2, 0) is 24.9 Å². The molecule has 1 amide bonds. The second-order valence-electron chi connectivity index (χ2n) is 4.25. The van der Waals surface area contributed by atoms with Gasteiger partial charge in [0.2, 0.25) is 5.91 Å². The van der Waals surface area contributed by atoms with Crippen LogP contribution < -0.4 is 5.32 Å². The van der Waals surface area contributed by atoms with Crippen LogP contribution in [0.25, 0.3) is 6.08 Å². The maximum atomic E-state index is 11.7. The molecule has 2 aromatic rings. The molecular formula is C13H16ClN5O. The summed E-state index contributed by atoms with van der Waals surface area (Å²) in [6.45, 7) is 3.03. The number of rotatable bonds is 5. The zero-order chi connectivity index (χ0) is 14.5. The second kappa shape index (κ2) is 6.38. The number of aromatic nitrogens is 4. The Morgan fingerprint density at radius 2 is 2.25 bits per heavy atom. The van der Waals surface area contributed by atoms with E-state index in [0.29, 0.717) is 18.1 Å². The summed E-state index contributed by atoms with van der Waals surface area (Å²) in [5.74, 6) is -0.186. The lowest BCUT2D eigenvalue weighted by Crippen LogP contribution is -2.22. The predicted molar refractivity (Wildman–Crippen MR) is 77.0 cm³/mol. The number of carbonyl (C=O) groups excluding carboxylic acids is 1. The van der Waals surface area contributed by atoms with Crippen molar-refractivity contribution in [3.8, 4) is 0 Å². The van der Waals surface area contributed by atoms with Gasteiger partial charge in [-0.15, -0.1) is 0 Å². The summed E-state index contributed by atoms with van der Waals surface area (Å²) in [5, 5.41) is 11.5. The molecule has 2 heterocycles. The Morgan fingerprint density at radius 1 is 1.45 bits per heavy atom. The zero-order valence-corrected chi connectivity index (χ0v) is 12.1. The minimum atomic E-state index is -0.186. The molecule has 106 valence electrons. The molecule has 1 N–H and O–H groups in total. The van der Waals surface area contributed by atoms with E-state index in [1.165, 1.54) is 6.08 Å². The molecule has 0 bridgehead atoms. The molecule has 0 aliphatic rings. The molecule has 2 aromatic heterocycles. The van der Waals surface area contributed by atoms with E-state index in [4.69, 9.17) is 11.6 Å². The van der Waals surface area contributed by atoms with Crippen LogP contribution >= 0.6 is 11.6 Å². The molecule has 0 aliphatic heterocycles. The lowest BCUT2D eigenvalue weighted by atomic mass is 10.3. The molecule has 20 heavy (non-hydrogen) atoms. The fourth-order valence-electron chi connectivity index (χ4n) is 1.76. The van der Waals surface area contributed by atoms with Crippen molar-refractivity contribution in [2.45, 2.75) is 20.0 Å². The first-order valence-corrected chi connectivity index (χ1v) is 6.62. The van der Waals surface area contributed by atoms with Gasteiger partial charge in [0.1, 0.15) is 0 Å². The average Bonchev–Trinajstić information content (AvgIpc) is 3.00. The van der Waals surface area contributed by atoms with Crippen molar-refractivity contribution >= 4 is 23.6 Å². The smallest absolute Gasteiger partial charge is 0.244 e. The third-order valence-corrected chi connectivity index (χ3v) is 3.10. The first-order valence-electron chi connectivity index (χ1n) is 6.25. The fourth-order valence-corrected chi connectivity index (χ4v) is 1.97. The number of carbonyl (C=O) groups is 1. The first-order chi connectivity index (χ1) is 9.60. The number of nitrogens with zero attached hydrogens (tertiary/aromatic N) is 4. The number of halogens is 1. The van der Waals surface area contributed by atoms with Gasteiger partial charge in [0.15, 0.2) is 0 Å². The number of nitrogens with one attached hydrogen (secondary N) is 1. The molecule has 7 heteroatoms. The van der Waals surface area contributed by atoms with Crippen LogP contribution in [0, 0.1) is 0 Å². The molecule has 0 spiro atoms. The van der Waals surface area contributed by atoms with E-state index in [2.05, 4.69) is 15.5 Å². The molecule has 0 fully saturated rings. The molecule has 0 aliphatic carbocycles. The van der Waals surface area contributed by atoms with E-state index >= 15 is 0 Å². The van der Waals surface area contributed by atoms with E-state index in [1.54, 1.807) is 27.8 Å². The molecule has 0 atom stereocenters. The van der Waals surface area contributed by atoms with E-state index in [9.17, 15) is 4.79 Å². The highest BCUT2D eigenvalue weighted by Crippen LogP contribution is 2.14. The van der Waals surface area contributed by atoms with Crippen molar-refractivity contribution in [3.05, 3.63) is 40.9 Å². The standard InChI is InChI=1S/C13H16ClN5O/c1-3-19-12(11(14)7-17-19)8-15-13(20)5-4-10-6-16-18(2)9-10/h4-7,9H,3,8H2,1-2H3,(H,15,20)/b5-4+. The SMILES string of the molecule is CCn1ncc(Cl)c1CNC(=O)/C=C/c1cnn(C)c1. The van der Waals surface area contributed by atoms with Gasteiger partial charge in [0, 0.05) is 31.4 Å². The molecule has 0 saturated heterocycles. The normalized spacial score (nSPS) is 11.2. The Labute approximate surface area is 122 Å². The van der Waals surface area contributed by atoms with Crippen molar-refractivity contribution < 1.29 is 4.79 Å². The van der Waals surface area contributed by atoms with E-state index in [-0.39, 0.29) is 5.91 Å². The van der Waals surface area contributed by atoms with Gasteiger partial charge in [-0.05, 0) is 13.0 Å². The van der Waals surface area contributed by atoms with Crippen LogP contribution in [0.3, 0.4) is 0 Å². The van der Waals surface area contributed by atoms with Gasteiger partial charge in [-0.3, -0.25) is 14.2 Å². The third kappa shape index (κ3) is 3.48. The van der Waals surface area contributed by atoms with Crippen LogP contribution in [0.15, 0.2) is 24.7 Å². The van der Waals surface area contributed by atoms with Crippen molar-refractivity contribution in [3.63, 3.8) is 0 Å². The molecule has 0 radical (unpaired) electrons. The molecule has 0 saturated carbocycles. The number of amides is 1. The minimum absolute atomic E-state index is 0.186. The van der Waals surface area contributed by atoms with Gasteiger partial charge in [-0.2, -0.15) is 10.2 Å². The van der Waals surface area contributed by atoms with Crippen LogP contribution in [0.4, 0.5) is 0 Å². The van der Waals surface area contributed by atoms with Gasteiger partial charge in [0.05, 0.1) is 29.7 Å². The number of hydrogen-bond acceptors (Lipinski definition) is 3. The third-order valence-electron chi connectivity index (χ3n) is 2.78. The summed E-state index contributed by atoms with van der Waals surface area (Å²) < 4.78 is 3.44. The summed E-state index contributed by atoms with van der Waals surface area (Å²) in [5.41, 5.74) is 1.68. The van der Waals surface area contributed by atoms with Crippen LogP contribution in [-0.4, -0.2) is 25.5 Å². The number of hydrogen-bond donors (Lipinski definition) is 1. The largest absolute Gasteiger partial charge is 0.347 e. The lowest BCUT2D eigenvalue weighted by Gasteiger charge is -2.05. The average molecular weight is 294 g/mol. The molecular weight excluding hydrogens is 278 g/mol. The highest BCUT2D eigenvalue weighted by atomic mass is 35.5. The Hall–Kier alpha value is -2.08. The molecule has 0 aromatic carbocycles. The number of aryl methyl sites for hydroxylation is 2. The monoisotopic (exact) mass is 293 g/mol. The lowest BCUT2D eigenvalue weighted by molar-refractivity contribution is -0.116. The Kier molecular flexibility index (Phi) is 4.57. The summed E-state index contributed by atoms with van der Waals surface area (Å²) >= 11 is 6.02. The highest BCUT2D eigenvalue weighted by Gasteiger charge is 2.08. The van der Waals surface area contributed by atoms with Crippen molar-refractivity contribution in [2.24, 2.45) is 7.05 Å². The van der Waals surface area contributed by atoms with E-state index in [0.717, 1.165) is 11.3 Å². The van der Waals surface area contributed by atoms with Gasteiger partial charge < -0.3 is 5.32 Å². The van der Waals surface area contributed by atoms with Gasteiger partial charge in [-0.1, -0.05) is 11.6 Å². The van der Waals surface area contributed by atoms with Crippen molar-refractivity contribution in [1.82, 2.24) is 24.9 Å². The summed E-state index contributed by atoms with van der Waals surface area (Å²) in [7, 11) is 1.82. The zero-order valence-electron chi connectivity index (χ0n) is 11.4. The highest BCUT2D eigenvalue weighted by molar-refractivity contribution is 6.31. The van der Waals surface area contributed by atoms with Gasteiger partial charge in [0.25, 0.3) is 0 Å². The summed E-state index contributed by atoms with van der Waals surface area (Å²) in [6, 6.07) is 0.